The molecular weight excluding hydrogens is 280 g/mol. The number of anilines is 1. The molecule has 3 rings (SSSR count). The summed E-state index contributed by atoms with van der Waals surface area (Å²) in [6, 6.07) is 8.85. The van der Waals surface area contributed by atoms with Gasteiger partial charge in [0.1, 0.15) is 17.4 Å². The molecule has 22 heavy (non-hydrogen) atoms. The summed E-state index contributed by atoms with van der Waals surface area (Å²) >= 11 is 0. The summed E-state index contributed by atoms with van der Waals surface area (Å²) in [6.45, 7) is 3.83. The van der Waals surface area contributed by atoms with E-state index in [0.717, 1.165) is 23.4 Å². The maximum atomic E-state index is 12.3. The van der Waals surface area contributed by atoms with Gasteiger partial charge >= 0.3 is 0 Å². The first kappa shape index (κ1) is 14.4. The van der Waals surface area contributed by atoms with Gasteiger partial charge in [0.05, 0.1) is 0 Å². The maximum absolute atomic E-state index is 12.3. The van der Waals surface area contributed by atoms with Crippen molar-refractivity contribution >= 4 is 11.6 Å². The zero-order valence-electron chi connectivity index (χ0n) is 12.8. The van der Waals surface area contributed by atoms with Gasteiger partial charge in [0, 0.05) is 24.8 Å². The molecule has 0 fully saturated rings. The van der Waals surface area contributed by atoms with Gasteiger partial charge in [0.15, 0.2) is 0 Å². The molecule has 1 amide bonds. The van der Waals surface area contributed by atoms with E-state index in [9.17, 15) is 9.59 Å². The lowest BCUT2D eigenvalue weighted by atomic mass is 10.1. The minimum Gasteiger partial charge on any atom is -0.490 e. The third-order valence-corrected chi connectivity index (χ3v) is 3.95. The van der Waals surface area contributed by atoms with Crippen LogP contribution in [-0.2, 0) is 13.5 Å². The average Bonchev–Trinajstić information content (AvgIpc) is 2.84. The Morgan fingerprint density at radius 3 is 2.86 bits per heavy atom. The van der Waals surface area contributed by atoms with E-state index in [2.05, 4.69) is 5.32 Å². The molecule has 0 spiro atoms. The van der Waals surface area contributed by atoms with Gasteiger partial charge in [0.25, 0.3) is 11.5 Å². The summed E-state index contributed by atoms with van der Waals surface area (Å²) in [5.74, 6) is 0.462. The Hall–Kier alpha value is -2.56. The van der Waals surface area contributed by atoms with Crippen LogP contribution in [0.25, 0.3) is 0 Å². The molecule has 114 valence electrons. The van der Waals surface area contributed by atoms with Crippen LogP contribution < -0.4 is 15.6 Å². The zero-order valence-corrected chi connectivity index (χ0v) is 12.8. The molecule has 0 saturated heterocycles. The highest BCUT2D eigenvalue weighted by Crippen LogP contribution is 2.31. The number of amides is 1. The number of rotatable bonds is 2. The van der Waals surface area contributed by atoms with Crippen LogP contribution in [0.1, 0.15) is 28.5 Å². The first-order chi connectivity index (χ1) is 10.5. The SMILES string of the molecule is Cc1ccc(C(=O)Nc2ccc3c(c2)CC(C)O3)c(=O)n1C. The molecule has 2 aromatic rings. The number of ether oxygens (including phenoxy) is 1. The van der Waals surface area contributed by atoms with Crippen LogP contribution in [0.3, 0.4) is 0 Å². The number of hydrogen-bond acceptors (Lipinski definition) is 3. The number of fused-ring (bicyclic) bond motifs is 1. The predicted octanol–water partition coefficient (Wildman–Crippen LogP) is 2.27. The van der Waals surface area contributed by atoms with Crippen molar-refractivity contribution in [1.29, 1.82) is 0 Å². The highest BCUT2D eigenvalue weighted by atomic mass is 16.5. The molecule has 1 aromatic carbocycles. The highest BCUT2D eigenvalue weighted by Gasteiger charge is 2.20. The first-order valence-corrected chi connectivity index (χ1v) is 7.23. The van der Waals surface area contributed by atoms with Crippen molar-refractivity contribution in [2.45, 2.75) is 26.4 Å². The fraction of sp³-hybridized carbons (Fsp3) is 0.294. The van der Waals surface area contributed by atoms with Crippen molar-refractivity contribution in [3.63, 3.8) is 0 Å². The number of hydrogen-bond donors (Lipinski definition) is 1. The van der Waals surface area contributed by atoms with Crippen molar-refractivity contribution in [2.75, 3.05) is 5.32 Å². The summed E-state index contributed by atoms with van der Waals surface area (Å²) in [5, 5.41) is 2.78. The van der Waals surface area contributed by atoms with E-state index in [1.165, 1.54) is 4.57 Å². The standard InChI is InChI=1S/C17H18N2O3/c1-10-4-6-14(17(21)19(10)3)16(20)18-13-5-7-15-12(9-13)8-11(2)22-15/h4-7,9,11H,8H2,1-3H3,(H,18,20). The molecule has 0 radical (unpaired) electrons. The van der Waals surface area contributed by atoms with Crippen LogP contribution in [0.15, 0.2) is 35.1 Å². The normalized spacial score (nSPS) is 16.0. The van der Waals surface area contributed by atoms with E-state index in [4.69, 9.17) is 4.74 Å². The summed E-state index contributed by atoms with van der Waals surface area (Å²) in [6.07, 6.45) is 0.982. The Morgan fingerprint density at radius 2 is 2.09 bits per heavy atom. The monoisotopic (exact) mass is 298 g/mol. The van der Waals surface area contributed by atoms with Gasteiger partial charge in [0.2, 0.25) is 0 Å². The topological polar surface area (TPSA) is 60.3 Å². The number of aromatic nitrogens is 1. The molecule has 1 atom stereocenters. The van der Waals surface area contributed by atoms with Crippen LogP contribution in [0, 0.1) is 6.92 Å². The van der Waals surface area contributed by atoms with Crippen molar-refractivity contribution in [3.05, 3.63) is 57.5 Å². The predicted molar refractivity (Wildman–Crippen MR) is 84.6 cm³/mol. The third kappa shape index (κ3) is 2.50. The highest BCUT2D eigenvalue weighted by molar-refractivity contribution is 6.04. The van der Waals surface area contributed by atoms with Crippen molar-refractivity contribution < 1.29 is 9.53 Å². The number of carbonyl (C=O) groups excluding carboxylic acids is 1. The molecule has 5 nitrogen and oxygen atoms in total. The van der Waals surface area contributed by atoms with Crippen molar-refractivity contribution in [2.24, 2.45) is 7.05 Å². The molecule has 1 aromatic heterocycles. The lowest BCUT2D eigenvalue weighted by Crippen LogP contribution is -2.28. The number of benzene rings is 1. The molecule has 1 N–H and O–H groups in total. The Kier molecular flexibility index (Phi) is 3.48. The van der Waals surface area contributed by atoms with E-state index in [0.29, 0.717) is 5.69 Å². The minimum atomic E-state index is -0.396. The largest absolute Gasteiger partial charge is 0.490 e. The van der Waals surface area contributed by atoms with Crippen LogP contribution >= 0.6 is 0 Å². The van der Waals surface area contributed by atoms with E-state index < -0.39 is 5.91 Å². The first-order valence-electron chi connectivity index (χ1n) is 7.23. The number of pyridine rings is 1. The maximum Gasteiger partial charge on any atom is 0.263 e. The quantitative estimate of drug-likeness (QED) is 0.925. The van der Waals surface area contributed by atoms with E-state index in [1.54, 1.807) is 25.2 Å². The summed E-state index contributed by atoms with van der Waals surface area (Å²) in [4.78, 5) is 24.4. The second kappa shape index (κ2) is 5.33. The molecule has 0 saturated carbocycles. The average molecular weight is 298 g/mol. The minimum absolute atomic E-state index is 0.137. The van der Waals surface area contributed by atoms with Gasteiger partial charge < -0.3 is 14.6 Å². The lowest BCUT2D eigenvalue weighted by molar-refractivity contribution is 0.102. The molecule has 2 heterocycles. The molecule has 1 aliphatic rings. The van der Waals surface area contributed by atoms with Crippen LogP contribution in [0.5, 0.6) is 5.75 Å². The van der Waals surface area contributed by atoms with E-state index in [-0.39, 0.29) is 17.2 Å². The number of nitrogens with zero attached hydrogens (tertiary/aromatic N) is 1. The molecule has 1 unspecified atom stereocenters. The molecule has 1 aliphatic heterocycles. The third-order valence-electron chi connectivity index (χ3n) is 3.95. The van der Waals surface area contributed by atoms with Gasteiger partial charge in [-0.05, 0) is 49.7 Å². The summed E-state index contributed by atoms with van der Waals surface area (Å²) < 4.78 is 7.10. The van der Waals surface area contributed by atoms with Gasteiger partial charge in [-0.2, -0.15) is 0 Å². The van der Waals surface area contributed by atoms with Crippen molar-refractivity contribution in [3.8, 4) is 5.75 Å². The van der Waals surface area contributed by atoms with Crippen LogP contribution in [0.2, 0.25) is 0 Å². The summed E-state index contributed by atoms with van der Waals surface area (Å²) in [5.41, 5.74) is 2.39. The van der Waals surface area contributed by atoms with Gasteiger partial charge in [-0.1, -0.05) is 0 Å². The fourth-order valence-corrected chi connectivity index (χ4v) is 2.60. The van der Waals surface area contributed by atoms with E-state index >= 15 is 0 Å². The molecule has 0 bridgehead atoms. The molecule has 0 aliphatic carbocycles. The van der Waals surface area contributed by atoms with E-state index in [1.807, 2.05) is 26.0 Å². The Morgan fingerprint density at radius 1 is 1.32 bits per heavy atom. The molecular formula is C17H18N2O3. The second-order valence-electron chi connectivity index (χ2n) is 5.66. The smallest absolute Gasteiger partial charge is 0.263 e. The Labute approximate surface area is 128 Å². The van der Waals surface area contributed by atoms with Crippen LogP contribution in [0.4, 0.5) is 5.69 Å². The van der Waals surface area contributed by atoms with Gasteiger partial charge in [-0.25, -0.2) is 0 Å². The Bertz CT molecular complexity index is 808. The van der Waals surface area contributed by atoms with Crippen molar-refractivity contribution in [1.82, 2.24) is 4.57 Å². The zero-order chi connectivity index (χ0) is 15.9. The second-order valence-corrected chi connectivity index (χ2v) is 5.66. The fourth-order valence-electron chi connectivity index (χ4n) is 2.60. The van der Waals surface area contributed by atoms with Gasteiger partial charge in [-0.15, -0.1) is 0 Å². The van der Waals surface area contributed by atoms with Crippen LogP contribution in [-0.4, -0.2) is 16.6 Å². The summed E-state index contributed by atoms with van der Waals surface area (Å²) in [7, 11) is 1.66. The number of nitrogens with one attached hydrogen (secondary N) is 1. The number of aryl methyl sites for hydroxylation is 1. The lowest BCUT2D eigenvalue weighted by Gasteiger charge is -2.09. The number of carbonyl (C=O) groups is 1. The van der Waals surface area contributed by atoms with Gasteiger partial charge in [-0.3, -0.25) is 9.59 Å². The Balaban J connectivity index is 1.85. The molecule has 5 heteroatoms.